The van der Waals surface area contributed by atoms with Gasteiger partial charge in [0.25, 0.3) is 0 Å². The lowest BCUT2D eigenvalue weighted by Crippen LogP contribution is -2.82. The minimum atomic E-state index is 0.501. The van der Waals surface area contributed by atoms with Crippen LogP contribution >= 0.6 is 0 Å². The third kappa shape index (κ3) is 4.11. The van der Waals surface area contributed by atoms with Gasteiger partial charge < -0.3 is 14.8 Å². The Morgan fingerprint density at radius 3 is 2.88 bits per heavy atom. The van der Waals surface area contributed by atoms with E-state index in [1.54, 1.807) is 13.2 Å². The second kappa shape index (κ2) is 7.74. The van der Waals surface area contributed by atoms with Gasteiger partial charge in [-0.3, -0.25) is 0 Å². The number of para-hydroxylation sites is 1. The second-order valence-corrected chi connectivity index (χ2v) is 3.83. The third-order valence-electron chi connectivity index (χ3n) is 2.48. The van der Waals surface area contributed by atoms with Crippen LogP contribution in [0.25, 0.3) is 0 Å². The van der Waals surface area contributed by atoms with E-state index in [-0.39, 0.29) is 0 Å². The molecule has 1 rings (SSSR count). The molecule has 1 aromatic carbocycles. The minimum Gasteiger partial charge on any atom is -0.493 e. The summed E-state index contributed by atoms with van der Waals surface area (Å²) in [5.74, 6) is 1.62. The maximum Gasteiger partial charge on any atom is 0.170 e. The van der Waals surface area contributed by atoms with Gasteiger partial charge in [-0.25, -0.2) is 0 Å². The molecule has 94 valence electrons. The SMILES string of the molecule is C=CCOc1c(C[NH2+]CCC)cccc1OC. The van der Waals surface area contributed by atoms with Gasteiger partial charge in [0.2, 0.25) is 0 Å². The molecule has 2 N–H and O–H groups in total. The van der Waals surface area contributed by atoms with Crippen LogP contribution in [-0.4, -0.2) is 20.3 Å². The van der Waals surface area contributed by atoms with Crippen LogP contribution in [0.1, 0.15) is 18.9 Å². The van der Waals surface area contributed by atoms with Crippen molar-refractivity contribution in [2.24, 2.45) is 0 Å². The predicted molar refractivity (Wildman–Crippen MR) is 69.5 cm³/mol. The monoisotopic (exact) mass is 236 g/mol. The summed E-state index contributed by atoms with van der Waals surface area (Å²) in [7, 11) is 1.66. The first kappa shape index (κ1) is 13.6. The number of benzene rings is 1. The van der Waals surface area contributed by atoms with Gasteiger partial charge in [0.15, 0.2) is 11.5 Å². The average Bonchev–Trinajstić information content (AvgIpc) is 2.37. The number of quaternary nitrogens is 1. The maximum absolute atomic E-state index is 5.68. The van der Waals surface area contributed by atoms with Crippen LogP contribution in [0.15, 0.2) is 30.9 Å². The molecule has 0 saturated carbocycles. The lowest BCUT2D eigenvalue weighted by Gasteiger charge is -2.13. The van der Waals surface area contributed by atoms with E-state index in [2.05, 4.69) is 24.9 Å². The lowest BCUT2D eigenvalue weighted by atomic mass is 10.2. The molecular weight excluding hydrogens is 214 g/mol. The van der Waals surface area contributed by atoms with Gasteiger partial charge in [-0.1, -0.05) is 25.6 Å². The van der Waals surface area contributed by atoms with Gasteiger partial charge in [-0.2, -0.15) is 0 Å². The van der Waals surface area contributed by atoms with Crippen LogP contribution < -0.4 is 14.8 Å². The van der Waals surface area contributed by atoms with Crippen LogP contribution in [-0.2, 0) is 6.54 Å². The van der Waals surface area contributed by atoms with Crippen molar-refractivity contribution in [3.05, 3.63) is 36.4 Å². The number of ether oxygens (including phenoxy) is 2. The molecule has 0 radical (unpaired) electrons. The van der Waals surface area contributed by atoms with Crippen molar-refractivity contribution in [3.63, 3.8) is 0 Å². The summed E-state index contributed by atoms with van der Waals surface area (Å²) in [5.41, 5.74) is 1.17. The van der Waals surface area contributed by atoms with Gasteiger partial charge >= 0.3 is 0 Å². The highest BCUT2D eigenvalue weighted by Crippen LogP contribution is 2.30. The van der Waals surface area contributed by atoms with E-state index < -0.39 is 0 Å². The van der Waals surface area contributed by atoms with Crippen molar-refractivity contribution in [1.82, 2.24) is 0 Å². The fraction of sp³-hybridized carbons (Fsp3) is 0.429. The zero-order valence-corrected chi connectivity index (χ0v) is 10.7. The fourth-order valence-corrected chi connectivity index (χ4v) is 1.65. The van der Waals surface area contributed by atoms with Gasteiger partial charge in [0.1, 0.15) is 13.2 Å². The molecule has 0 fully saturated rings. The fourth-order valence-electron chi connectivity index (χ4n) is 1.65. The molecule has 0 heterocycles. The molecule has 3 nitrogen and oxygen atoms in total. The molecular formula is C14H22NO2+. The highest BCUT2D eigenvalue weighted by atomic mass is 16.5. The first-order valence-electron chi connectivity index (χ1n) is 6.04. The topological polar surface area (TPSA) is 35.1 Å². The number of nitrogens with two attached hydrogens (primary N) is 1. The predicted octanol–water partition coefficient (Wildman–Crippen LogP) is 1.73. The molecule has 0 amide bonds. The van der Waals surface area contributed by atoms with Gasteiger partial charge in [-0.05, 0) is 18.6 Å². The van der Waals surface area contributed by atoms with Crippen molar-refractivity contribution in [2.45, 2.75) is 19.9 Å². The van der Waals surface area contributed by atoms with Crippen molar-refractivity contribution in [1.29, 1.82) is 0 Å². The normalized spacial score (nSPS) is 10.0. The number of hydrogen-bond acceptors (Lipinski definition) is 2. The Balaban J connectivity index is 2.81. The Bertz CT molecular complexity index is 350. The number of methoxy groups -OCH3 is 1. The van der Waals surface area contributed by atoms with Gasteiger partial charge in [0, 0.05) is 0 Å². The van der Waals surface area contributed by atoms with Gasteiger partial charge in [0.05, 0.1) is 19.2 Å². The molecule has 17 heavy (non-hydrogen) atoms. The molecule has 0 aliphatic carbocycles. The molecule has 0 aliphatic heterocycles. The quantitative estimate of drug-likeness (QED) is 0.551. The Kier molecular flexibility index (Phi) is 6.18. The molecule has 0 aromatic heterocycles. The zero-order chi connectivity index (χ0) is 12.5. The maximum atomic E-state index is 5.68. The van der Waals surface area contributed by atoms with Crippen molar-refractivity contribution in [2.75, 3.05) is 20.3 Å². The Morgan fingerprint density at radius 2 is 2.24 bits per heavy atom. The van der Waals surface area contributed by atoms with E-state index >= 15 is 0 Å². The summed E-state index contributed by atoms with van der Waals surface area (Å²) in [6.45, 7) is 8.38. The van der Waals surface area contributed by atoms with E-state index in [1.807, 2.05) is 12.1 Å². The molecule has 3 heteroatoms. The highest BCUT2D eigenvalue weighted by Gasteiger charge is 2.10. The van der Waals surface area contributed by atoms with Crippen LogP contribution in [0.2, 0.25) is 0 Å². The Hall–Kier alpha value is -1.48. The Labute approximate surface area is 103 Å². The van der Waals surface area contributed by atoms with E-state index in [0.29, 0.717) is 6.61 Å². The summed E-state index contributed by atoms with van der Waals surface area (Å²) < 4.78 is 11.0. The lowest BCUT2D eigenvalue weighted by molar-refractivity contribution is -0.670. The van der Waals surface area contributed by atoms with Crippen molar-refractivity contribution in [3.8, 4) is 11.5 Å². The molecule has 0 atom stereocenters. The molecule has 0 bridgehead atoms. The van der Waals surface area contributed by atoms with Crippen LogP contribution in [0.3, 0.4) is 0 Å². The average molecular weight is 236 g/mol. The first-order chi connectivity index (χ1) is 8.33. The summed E-state index contributed by atoms with van der Waals surface area (Å²) >= 11 is 0. The van der Waals surface area contributed by atoms with Crippen LogP contribution in [0, 0.1) is 0 Å². The van der Waals surface area contributed by atoms with Crippen molar-refractivity contribution < 1.29 is 14.8 Å². The van der Waals surface area contributed by atoms with Crippen LogP contribution in [0.4, 0.5) is 0 Å². The summed E-state index contributed by atoms with van der Waals surface area (Å²) in [4.78, 5) is 0. The first-order valence-corrected chi connectivity index (χ1v) is 6.04. The van der Waals surface area contributed by atoms with Gasteiger partial charge in [-0.15, -0.1) is 0 Å². The summed E-state index contributed by atoms with van der Waals surface area (Å²) in [6.07, 6.45) is 2.92. The Morgan fingerprint density at radius 1 is 1.41 bits per heavy atom. The largest absolute Gasteiger partial charge is 0.493 e. The number of hydrogen-bond donors (Lipinski definition) is 1. The standard InChI is InChI=1S/C14H21NO2/c1-4-9-15-11-12-7-6-8-13(16-3)14(12)17-10-5-2/h5-8,15H,2,4,9-11H2,1,3H3/p+1. The zero-order valence-electron chi connectivity index (χ0n) is 10.7. The molecule has 1 aromatic rings. The van der Waals surface area contributed by atoms with E-state index in [0.717, 1.165) is 24.6 Å². The molecule has 0 saturated heterocycles. The highest BCUT2D eigenvalue weighted by molar-refractivity contribution is 5.46. The minimum absolute atomic E-state index is 0.501. The molecule has 0 unspecified atom stereocenters. The van der Waals surface area contributed by atoms with Crippen molar-refractivity contribution >= 4 is 0 Å². The number of rotatable bonds is 8. The second-order valence-electron chi connectivity index (χ2n) is 3.83. The summed E-state index contributed by atoms with van der Waals surface area (Å²) in [6, 6.07) is 5.99. The third-order valence-corrected chi connectivity index (χ3v) is 2.48. The van der Waals surface area contributed by atoms with E-state index in [1.165, 1.54) is 12.0 Å². The van der Waals surface area contributed by atoms with E-state index in [9.17, 15) is 0 Å². The van der Waals surface area contributed by atoms with Crippen LogP contribution in [0.5, 0.6) is 11.5 Å². The summed E-state index contributed by atoms with van der Waals surface area (Å²) in [5, 5.41) is 2.27. The smallest absolute Gasteiger partial charge is 0.170 e. The van der Waals surface area contributed by atoms with E-state index in [4.69, 9.17) is 9.47 Å². The molecule has 0 aliphatic rings. The molecule has 0 spiro atoms.